The van der Waals surface area contributed by atoms with Gasteiger partial charge in [0.05, 0.1) is 11.6 Å². The third-order valence-electron chi connectivity index (χ3n) is 2.78. The predicted octanol–water partition coefficient (Wildman–Crippen LogP) is 3.88. The maximum Gasteiger partial charge on any atom is 0.189 e. The lowest BCUT2D eigenvalue weighted by Gasteiger charge is -2.12. The van der Waals surface area contributed by atoms with E-state index < -0.39 is 11.6 Å². The van der Waals surface area contributed by atoms with E-state index in [2.05, 4.69) is 0 Å². The second-order valence-corrected chi connectivity index (χ2v) is 4.24. The maximum absolute atomic E-state index is 13.4. The smallest absolute Gasteiger partial charge is 0.189 e. The van der Waals surface area contributed by atoms with Gasteiger partial charge >= 0.3 is 0 Å². The van der Waals surface area contributed by atoms with E-state index in [4.69, 9.17) is 14.7 Å². The van der Waals surface area contributed by atoms with Crippen LogP contribution in [0.5, 0.6) is 5.75 Å². The SMILES string of the molecule is CCOCOc1ccc(C#N)cc1-c1cc(F)cc(F)c1. The lowest BCUT2D eigenvalue weighted by Crippen LogP contribution is -2.03. The highest BCUT2D eigenvalue weighted by Crippen LogP contribution is 2.32. The number of ether oxygens (including phenoxy) is 2. The second kappa shape index (κ2) is 6.82. The van der Waals surface area contributed by atoms with E-state index in [1.54, 1.807) is 12.1 Å². The summed E-state index contributed by atoms with van der Waals surface area (Å²) in [7, 11) is 0. The molecule has 0 bridgehead atoms. The van der Waals surface area contributed by atoms with Crippen LogP contribution in [-0.2, 0) is 4.74 Å². The second-order valence-electron chi connectivity index (χ2n) is 4.24. The van der Waals surface area contributed by atoms with Crippen LogP contribution in [0.15, 0.2) is 36.4 Å². The number of hydrogen-bond donors (Lipinski definition) is 0. The van der Waals surface area contributed by atoms with Crippen molar-refractivity contribution >= 4 is 0 Å². The molecule has 0 unspecified atom stereocenters. The summed E-state index contributed by atoms with van der Waals surface area (Å²) in [6, 6.07) is 9.82. The van der Waals surface area contributed by atoms with Gasteiger partial charge in [-0.25, -0.2) is 8.78 Å². The number of nitriles is 1. The summed E-state index contributed by atoms with van der Waals surface area (Å²) in [6.07, 6.45) is 0. The molecule has 2 aromatic carbocycles. The average molecular weight is 289 g/mol. The number of nitrogens with zero attached hydrogens (tertiary/aromatic N) is 1. The molecule has 0 heterocycles. The lowest BCUT2D eigenvalue weighted by molar-refractivity contribution is 0.0227. The largest absolute Gasteiger partial charge is 0.467 e. The van der Waals surface area contributed by atoms with E-state index >= 15 is 0 Å². The molecule has 0 aliphatic heterocycles. The highest BCUT2D eigenvalue weighted by atomic mass is 19.1. The molecule has 3 nitrogen and oxygen atoms in total. The van der Waals surface area contributed by atoms with Crippen LogP contribution in [0.2, 0.25) is 0 Å². The molecule has 0 radical (unpaired) electrons. The van der Waals surface area contributed by atoms with Crippen LogP contribution in [0, 0.1) is 23.0 Å². The molecule has 2 rings (SSSR count). The molecule has 21 heavy (non-hydrogen) atoms. The molecule has 0 atom stereocenters. The van der Waals surface area contributed by atoms with Gasteiger partial charge < -0.3 is 9.47 Å². The number of benzene rings is 2. The van der Waals surface area contributed by atoms with Crippen molar-refractivity contribution in [2.45, 2.75) is 6.92 Å². The normalized spacial score (nSPS) is 10.2. The van der Waals surface area contributed by atoms with Gasteiger partial charge in [0.1, 0.15) is 17.4 Å². The van der Waals surface area contributed by atoms with Crippen LogP contribution in [0.3, 0.4) is 0 Å². The third-order valence-corrected chi connectivity index (χ3v) is 2.78. The monoisotopic (exact) mass is 289 g/mol. The first-order valence-electron chi connectivity index (χ1n) is 6.35. The van der Waals surface area contributed by atoms with Crippen molar-refractivity contribution in [3.63, 3.8) is 0 Å². The Labute approximate surface area is 121 Å². The Morgan fingerprint density at radius 1 is 1.10 bits per heavy atom. The first-order chi connectivity index (χ1) is 10.1. The van der Waals surface area contributed by atoms with Crippen LogP contribution in [-0.4, -0.2) is 13.4 Å². The molecule has 0 saturated carbocycles. The van der Waals surface area contributed by atoms with Gasteiger partial charge in [0, 0.05) is 18.2 Å². The van der Waals surface area contributed by atoms with Crippen molar-refractivity contribution in [1.82, 2.24) is 0 Å². The van der Waals surface area contributed by atoms with Gasteiger partial charge in [0.15, 0.2) is 6.79 Å². The van der Waals surface area contributed by atoms with E-state index in [0.29, 0.717) is 29.0 Å². The zero-order valence-electron chi connectivity index (χ0n) is 11.4. The number of hydrogen-bond acceptors (Lipinski definition) is 3. The van der Waals surface area contributed by atoms with Crippen LogP contribution >= 0.6 is 0 Å². The molecule has 0 amide bonds. The Balaban J connectivity index is 2.45. The zero-order chi connectivity index (χ0) is 15.2. The van der Waals surface area contributed by atoms with Crippen molar-refractivity contribution < 1.29 is 18.3 Å². The predicted molar refractivity (Wildman–Crippen MR) is 73.6 cm³/mol. The van der Waals surface area contributed by atoms with Crippen molar-refractivity contribution in [3.05, 3.63) is 53.6 Å². The summed E-state index contributed by atoms with van der Waals surface area (Å²) in [6.45, 7) is 2.33. The fraction of sp³-hybridized carbons (Fsp3) is 0.188. The first kappa shape index (κ1) is 14.9. The number of halogens is 2. The van der Waals surface area contributed by atoms with Crippen molar-refractivity contribution in [1.29, 1.82) is 5.26 Å². The van der Waals surface area contributed by atoms with Gasteiger partial charge in [-0.3, -0.25) is 0 Å². The minimum absolute atomic E-state index is 0.0210. The molecule has 0 spiro atoms. The van der Waals surface area contributed by atoms with Gasteiger partial charge in [-0.2, -0.15) is 5.26 Å². The molecular formula is C16H13F2NO2. The fourth-order valence-corrected chi connectivity index (χ4v) is 1.85. The Kier molecular flexibility index (Phi) is 4.85. The summed E-state index contributed by atoms with van der Waals surface area (Å²) in [5.41, 5.74) is 1.11. The van der Waals surface area contributed by atoms with E-state index in [0.717, 1.165) is 6.07 Å². The lowest BCUT2D eigenvalue weighted by atomic mass is 10.0. The van der Waals surface area contributed by atoms with Crippen LogP contribution < -0.4 is 4.74 Å². The molecule has 0 aromatic heterocycles. The van der Waals surface area contributed by atoms with Crippen molar-refractivity contribution in [3.8, 4) is 22.9 Å². The summed E-state index contributed by atoms with van der Waals surface area (Å²) < 4.78 is 37.3. The quantitative estimate of drug-likeness (QED) is 0.619. The molecule has 0 fully saturated rings. The maximum atomic E-state index is 13.4. The molecule has 0 aliphatic rings. The van der Waals surface area contributed by atoms with Gasteiger partial charge in [-0.05, 0) is 42.8 Å². The molecular weight excluding hydrogens is 276 g/mol. The first-order valence-corrected chi connectivity index (χ1v) is 6.35. The minimum Gasteiger partial charge on any atom is -0.467 e. The zero-order valence-corrected chi connectivity index (χ0v) is 11.4. The van der Waals surface area contributed by atoms with E-state index in [1.807, 2.05) is 13.0 Å². The van der Waals surface area contributed by atoms with Crippen LogP contribution in [0.1, 0.15) is 12.5 Å². The van der Waals surface area contributed by atoms with Crippen LogP contribution in [0.4, 0.5) is 8.78 Å². The fourth-order valence-electron chi connectivity index (χ4n) is 1.85. The molecule has 2 aromatic rings. The third kappa shape index (κ3) is 3.77. The summed E-state index contributed by atoms with van der Waals surface area (Å²) in [4.78, 5) is 0. The van der Waals surface area contributed by atoms with E-state index in [-0.39, 0.29) is 6.79 Å². The Morgan fingerprint density at radius 3 is 2.43 bits per heavy atom. The highest BCUT2D eigenvalue weighted by molar-refractivity contribution is 5.72. The molecule has 0 saturated heterocycles. The van der Waals surface area contributed by atoms with E-state index in [9.17, 15) is 8.78 Å². The van der Waals surface area contributed by atoms with Gasteiger partial charge in [0.25, 0.3) is 0 Å². The van der Waals surface area contributed by atoms with Crippen molar-refractivity contribution in [2.75, 3.05) is 13.4 Å². The number of rotatable bonds is 5. The van der Waals surface area contributed by atoms with Gasteiger partial charge in [-0.15, -0.1) is 0 Å². The average Bonchev–Trinajstić information content (AvgIpc) is 2.46. The Hall–Kier alpha value is -2.45. The summed E-state index contributed by atoms with van der Waals surface area (Å²) >= 11 is 0. The Morgan fingerprint density at radius 2 is 1.81 bits per heavy atom. The summed E-state index contributed by atoms with van der Waals surface area (Å²) in [5, 5.41) is 8.96. The van der Waals surface area contributed by atoms with Gasteiger partial charge in [0.2, 0.25) is 0 Å². The molecule has 0 aliphatic carbocycles. The summed E-state index contributed by atoms with van der Waals surface area (Å²) in [5.74, 6) is -0.987. The topological polar surface area (TPSA) is 42.2 Å². The Bertz CT molecular complexity index is 660. The molecule has 0 N–H and O–H groups in total. The van der Waals surface area contributed by atoms with E-state index in [1.165, 1.54) is 18.2 Å². The van der Waals surface area contributed by atoms with Crippen molar-refractivity contribution in [2.24, 2.45) is 0 Å². The minimum atomic E-state index is -0.692. The van der Waals surface area contributed by atoms with Gasteiger partial charge in [-0.1, -0.05) is 0 Å². The van der Waals surface area contributed by atoms with Crippen LogP contribution in [0.25, 0.3) is 11.1 Å². The molecule has 5 heteroatoms. The standard InChI is InChI=1S/C16H13F2NO2/c1-2-20-10-21-16-4-3-11(9-19)5-15(16)12-6-13(17)8-14(18)7-12/h3-8H,2,10H2,1H3. The highest BCUT2D eigenvalue weighted by Gasteiger charge is 2.11. The molecule has 108 valence electrons.